The van der Waals surface area contributed by atoms with Gasteiger partial charge in [-0.2, -0.15) is 0 Å². The van der Waals surface area contributed by atoms with Gasteiger partial charge in [-0.1, -0.05) is 355 Å². The molecule has 0 aromatic heterocycles. The van der Waals surface area contributed by atoms with Gasteiger partial charge in [0.1, 0.15) is 0 Å². The molecule has 0 radical (unpaired) electrons. The Bertz CT molecular complexity index is 3550. The maximum atomic E-state index is 7.02. The minimum Gasteiger partial charge on any atom is -0.489 e. The molecule has 0 spiro atoms. The highest BCUT2D eigenvalue weighted by Gasteiger charge is 2.24. The van der Waals surface area contributed by atoms with Crippen molar-refractivity contribution in [1.29, 1.82) is 0 Å². The lowest BCUT2D eigenvalue weighted by molar-refractivity contribution is 0.263. The van der Waals surface area contributed by atoms with Gasteiger partial charge in [-0.15, -0.1) is 0 Å². The first-order valence-corrected chi connectivity index (χ1v) is 37.8. The van der Waals surface area contributed by atoms with Crippen molar-refractivity contribution >= 4 is 87.6 Å². The van der Waals surface area contributed by atoms with Crippen molar-refractivity contribution in [2.45, 2.75) is 285 Å². The molecule has 0 unspecified atom stereocenters. The SMILES string of the molecule is CCCCCCCCCCCCOc1c(OCCCCCCCCCCCC)c2cccc3c4c(c5cccc1c5c23)=C=C=C=C=c1c(c2cccc3c(OCCCCCCCCCCCC)c(OCCCCCCCCCCCC)c5cccc1c5c32)=C=C=C=C=4. The van der Waals surface area contributed by atoms with Crippen LogP contribution >= 0.6 is 0 Å². The highest BCUT2D eigenvalue weighted by Crippen LogP contribution is 2.48. The number of benzene rings is 8. The lowest BCUT2D eigenvalue weighted by atomic mass is 9.90. The highest BCUT2D eigenvalue weighted by atomic mass is 16.5. The smallest absolute Gasteiger partial charge is 0.169 e. The molecule has 0 fully saturated rings. The Morgan fingerprint density at radius 2 is 0.370 bits per heavy atom. The molecule has 0 heterocycles. The Hall–Kier alpha value is -6.72. The summed E-state index contributed by atoms with van der Waals surface area (Å²) < 4.78 is 28.1. The van der Waals surface area contributed by atoms with Crippen LogP contribution in [0.3, 0.4) is 0 Å². The van der Waals surface area contributed by atoms with Gasteiger partial charge in [0.05, 0.1) is 26.4 Å². The highest BCUT2D eigenvalue weighted by molar-refractivity contribution is 6.28. The molecule has 0 saturated carbocycles. The lowest BCUT2D eigenvalue weighted by Crippen LogP contribution is -2.25. The van der Waals surface area contributed by atoms with E-state index in [1.165, 1.54) is 231 Å². The molecule has 0 amide bonds. The largest absolute Gasteiger partial charge is 0.489 e. The fourth-order valence-electron chi connectivity index (χ4n) is 14.4. The topological polar surface area (TPSA) is 36.9 Å². The summed E-state index contributed by atoms with van der Waals surface area (Å²) >= 11 is 0. The van der Waals surface area contributed by atoms with Crippen molar-refractivity contribution in [3.05, 3.63) is 117 Å². The normalized spacial score (nSPS) is 11.9. The third-order valence-corrected chi connectivity index (χ3v) is 19.6. The average Bonchev–Trinajstić information content (AvgIpc) is 0.725. The zero-order valence-electron chi connectivity index (χ0n) is 57.7. The summed E-state index contributed by atoms with van der Waals surface area (Å²) in [4.78, 5) is 0. The summed E-state index contributed by atoms with van der Waals surface area (Å²) in [6.45, 7) is 11.8. The number of unbranched alkanes of at least 4 members (excludes halogenated alkanes) is 36. The fraction of sp³-hybridized carbons (Fsp3) is 0.545. The van der Waals surface area contributed by atoms with Crippen LogP contribution in [-0.4, -0.2) is 26.4 Å². The molecule has 4 heteroatoms. The quantitative estimate of drug-likeness (QED) is 0.0216. The van der Waals surface area contributed by atoms with Gasteiger partial charge in [0.15, 0.2) is 23.0 Å². The van der Waals surface area contributed by atoms with Gasteiger partial charge in [0.2, 0.25) is 0 Å². The number of hydrogen-bond donors (Lipinski definition) is 0. The molecule has 488 valence electrons. The van der Waals surface area contributed by atoms with Crippen LogP contribution in [0.25, 0.3) is 87.6 Å². The predicted octanol–water partition coefficient (Wildman–Crippen LogP) is 23.6. The number of rotatable bonds is 48. The van der Waals surface area contributed by atoms with Gasteiger partial charge < -0.3 is 18.9 Å². The Labute approximate surface area is 554 Å². The van der Waals surface area contributed by atoms with Crippen molar-refractivity contribution in [3.8, 4) is 23.0 Å². The monoisotopic (exact) mass is 1230 g/mol. The van der Waals surface area contributed by atoms with E-state index in [0.29, 0.717) is 26.4 Å². The standard InChI is InChI=1S/C88H112O4/c1-5-9-13-17-21-25-29-33-37-45-65-89-85-77-61-49-57-73-69-53-41-42-55-71-72(56-44-43-54-70(69)74-58-50-62-78(82(74)81(73)77)86(85)90-66-46-38-34-30-26-22-18-14-10-6-2)76-60-52-64-80-84(76)83-75(71)59-51-63-79(83)87(91-67-47-39-35-31-27-23-19-15-11-7-3)88(80)92-68-48-40-36-32-28-24-20-16-12-8-4/h49-52,57-64H,5-40,45-48,65-68H2,1-4H3. The van der Waals surface area contributed by atoms with Crippen LogP contribution in [0.1, 0.15) is 285 Å². The second-order valence-corrected chi connectivity index (χ2v) is 26.9. The average molecular weight is 1230 g/mol. The van der Waals surface area contributed by atoms with E-state index >= 15 is 0 Å². The van der Waals surface area contributed by atoms with Gasteiger partial charge in [0, 0.05) is 85.5 Å². The first kappa shape index (κ1) is 69.6. The molecule has 1 aliphatic carbocycles. The Morgan fingerprint density at radius 1 is 0.207 bits per heavy atom. The van der Waals surface area contributed by atoms with E-state index in [9.17, 15) is 0 Å². The van der Waals surface area contributed by atoms with Crippen molar-refractivity contribution in [2.75, 3.05) is 26.4 Å². The Morgan fingerprint density at radius 3 is 0.554 bits per heavy atom. The van der Waals surface area contributed by atoms with Crippen molar-refractivity contribution in [1.82, 2.24) is 0 Å². The van der Waals surface area contributed by atoms with E-state index in [0.717, 1.165) is 134 Å². The van der Waals surface area contributed by atoms with Gasteiger partial charge in [0.25, 0.3) is 0 Å². The zero-order chi connectivity index (χ0) is 63.6. The van der Waals surface area contributed by atoms with Crippen LogP contribution in [0.4, 0.5) is 0 Å². The Kier molecular flexibility index (Phi) is 30.1. The molecular weight excluding hydrogens is 1120 g/mol. The van der Waals surface area contributed by atoms with E-state index in [-0.39, 0.29) is 0 Å². The molecule has 4 nitrogen and oxygen atoms in total. The van der Waals surface area contributed by atoms with Crippen LogP contribution in [0.15, 0.2) is 95.7 Å². The third kappa shape index (κ3) is 19.2. The maximum Gasteiger partial charge on any atom is 0.169 e. The Balaban J connectivity index is 1.10. The van der Waals surface area contributed by atoms with Crippen LogP contribution in [-0.2, 0) is 0 Å². The van der Waals surface area contributed by atoms with Crippen LogP contribution in [0.2, 0.25) is 0 Å². The predicted molar refractivity (Wildman–Crippen MR) is 396 cm³/mol. The molecule has 0 atom stereocenters. The third-order valence-electron chi connectivity index (χ3n) is 19.6. The van der Waals surface area contributed by atoms with Gasteiger partial charge in [-0.05, 0) is 48.6 Å². The number of fused-ring (bicyclic) bond motifs is 6. The molecule has 1 aliphatic rings. The van der Waals surface area contributed by atoms with Gasteiger partial charge in [-0.3, -0.25) is 0 Å². The van der Waals surface area contributed by atoms with Crippen LogP contribution in [0.5, 0.6) is 23.0 Å². The van der Waals surface area contributed by atoms with Crippen LogP contribution in [0, 0.1) is 0 Å². The lowest BCUT2D eigenvalue weighted by Gasteiger charge is -2.21. The van der Waals surface area contributed by atoms with Crippen LogP contribution < -0.4 is 39.8 Å². The molecule has 9 rings (SSSR count). The summed E-state index contributed by atoms with van der Waals surface area (Å²) in [5, 5.41) is 16.4. The minimum absolute atomic E-state index is 0.649. The van der Waals surface area contributed by atoms with Crippen molar-refractivity contribution in [2.24, 2.45) is 0 Å². The second-order valence-electron chi connectivity index (χ2n) is 26.9. The summed E-state index contributed by atoms with van der Waals surface area (Å²) in [6.07, 6.45) is 51.2. The maximum absolute atomic E-state index is 7.02. The van der Waals surface area contributed by atoms with Crippen molar-refractivity contribution in [3.63, 3.8) is 0 Å². The van der Waals surface area contributed by atoms with E-state index < -0.39 is 0 Å². The molecule has 92 heavy (non-hydrogen) atoms. The van der Waals surface area contributed by atoms with Gasteiger partial charge >= 0.3 is 0 Å². The summed E-state index contributed by atoms with van der Waals surface area (Å²) in [6, 6.07) is 26.3. The molecule has 0 N–H and O–H groups in total. The van der Waals surface area contributed by atoms with E-state index in [1.54, 1.807) is 0 Å². The molecule has 8 aromatic carbocycles. The molecule has 0 bridgehead atoms. The zero-order valence-corrected chi connectivity index (χ0v) is 57.7. The molecule has 0 saturated heterocycles. The van der Waals surface area contributed by atoms with Gasteiger partial charge in [-0.25, -0.2) is 0 Å². The number of hydrogen-bond acceptors (Lipinski definition) is 4. The van der Waals surface area contributed by atoms with Crippen molar-refractivity contribution < 1.29 is 18.9 Å². The van der Waals surface area contributed by atoms with E-state index in [2.05, 4.69) is 146 Å². The fourth-order valence-corrected chi connectivity index (χ4v) is 14.4. The summed E-state index contributed by atoms with van der Waals surface area (Å²) in [7, 11) is 0. The summed E-state index contributed by atoms with van der Waals surface area (Å²) in [5.41, 5.74) is 28.2. The first-order chi connectivity index (χ1) is 45.7. The minimum atomic E-state index is 0.649. The van der Waals surface area contributed by atoms with E-state index in [4.69, 9.17) is 18.9 Å². The van der Waals surface area contributed by atoms with E-state index in [1.807, 2.05) is 0 Å². The molecule has 0 aliphatic heterocycles. The molecular formula is C88H112O4. The first-order valence-electron chi connectivity index (χ1n) is 37.8. The number of ether oxygens (including phenoxy) is 4. The molecule has 8 aromatic rings. The summed E-state index contributed by atoms with van der Waals surface area (Å²) in [5.74, 6) is 3.38. The second kappa shape index (κ2) is 39.7.